The lowest BCUT2D eigenvalue weighted by Crippen LogP contribution is -2.40. The molecular weight excluding hydrogens is 770 g/mol. The molecule has 0 saturated carbocycles. The van der Waals surface area contributed by atoms with Gasteiger partial charge in [0, 0.05) is 12.1 Å². The molecule has 16 heteroatoms. The molecule has 3 aromatic carbocycles. The zero-order chi connectivity index (χ0) is 36.8. The maximum Gasteiger partial charge on any atom is 0.343 e. The second-order valence-electron chi connectivity index (χ2n) is 10.8. The lowest BCUT2D eigenvalue weighted by molar-refractivity contribution is -0.384. The number of carbonyl (C=O) groups is 2. The van der Waals surface area contributed by atoms with Gasteiger partial charge < -0.3 is 23.7 Å². The zero-order valence-corrected chi connectivity index (χ0v) is 30.9. The molecule has 0 aliphatic carbocycles. The number of aromatic nitrogens is 1. The summed E-state index contributed by atoms with van der Waals surface area (Å²) in [6, 6.07) is 13.4. The normalized spacial score (nSPS) is 14.0. The van der Waals surface area contributed by atoms with E-state index in [1.807, 2.05) is 0 Å². The Morgan fingerprint density at radius 3 is 2.45 bits per heavy atom. The standard InChI is InChI=1S/C35H31BrClN3O10S/c1-5-47-27-16-22(9-12-26(27)49-18-29(41)46-4)31-30(34(43)48-6-2)19(3)38-35-39(31)33(42)28(51-35)15-21-13-24(36)32(25(37)14-21)50-17-20-7-10-23(11-8-20)40(44)45/h7-16,31H,5-6,17-18H2,1-4H3/b28-15-/t31-/m0/s1. The van der Waals surface area contributed by atoms with Crippen molar-refractivity contribution in [3.05, 3.63) is 122 Å². The van der Waals surface area contributed by atoms with Crippen molar-refractivity contribution < 1.29 is 38.2 Å². The minimum absolute atomic E-state index is 0.0265. The summed E-state index contributed by atoms with van der Waals surface area (Å²) >= 11 is 11.3. The van der Waals surface area contributed by atoms with E-state index >= 15 is 0 Å². The third kappa shape index (κ3) is 8.32. The lowest BCUT2D eigenvalue weighted by atomic mass is 9.95. The highest BCUT2D eigenvalue weighted by Gasteiger charge is 2.34. The number of carbonyl (C=O) groups excluding carboxylic acids is 2. The predicted octanol–water partition coefficient (Wildman–Crippen LogP) is 5.65. The maximum atomic E-state index is 14.2. The van der Waals surface area contributed by atoms with Crippen molar-refractivity contribution in [2.75, 3.05) is 26.9 Å². The van der Waals surface area contributed by atoms with Crippen molar-refractivity contribution >= 4 is 62.6 Å². The Kier molecular flexibility index (Phi) is 12.0. The number of fused-ring (bicyclic) bond motifs is 1. The average Bonchev–Trinajstić information content (AvgIpc) is 3.40. The van der Waals surface area contributed by atoms with E-state index in [1.165, 1.54) is 23.8 Å². The first kappa shape index (κ1) is 37.3. The Bertz CT molecular complexity index is 2190. The number of thiazole rings is 1. The Morgan fingerprint density at radius 2 is 1.80 bits per heavy atom. The number of hydrogen-bond acceptors (Lipinski definition) is 12. The largest absolute Gasteiger partial charge is 0.490 e. The first-order valence-electron chi connectivity index (χ1n) is 15.5. The summed E-state index contributed by atoms with van der Waals surface area (Å²) in [4.78, 5) is 54.7. The zero-order valence-electron chi connectivity index (χ0n) is 27.8. The van der Waals surface area contributed by atoms with Gasteiger partial charge in [-0.3, -0.25) is 19.5 Å². The van der Waals surface area contributed by atoms with Crippen LogP contribution in [0, 0.1) is 10.1 Å². The highest BCUT2D eigenvalue weighted by molar-refractivity contribution is 9.10. The number of nitro groups is 1. The Morgan fingerprint density at radius 1 is 1.06 bits per heavy atom. The fourth-order valence-corrected chi connectivity index (χ4v) is 7.24. The first-order valence-corrected chi connectivity index (χ1v) is 17.5. The number of nitro benzene ring substituents is 1. The van der Waals surface area contributed by atoms with Crippen molar-refractivity contribution in [2.45, 2.75) is 33.4 Å². The van der Waals surface area contributed by atoms with E-state index in [2.05, 4.69) is 25.7 Å². The molecular formula is C35H31BrClN3O10S. The SMILES string of the molecule is CCOC(=O)C1=C(C)N=c2s/c(=C\c3cc(Cl)c(OCc4ccc([N+](=O)[O-])cc4)c(Br)c3)c(=O)n2[C@H]1c1ccc(OCC(=O)OC)c(OCC)c1. The summed E-state index contributed by atoms with van der Waals surface area (Å²) in [6.07, 6.45) is 1.66. The molecule has 0 saturated heterocycles. The van der Waals surface area contributed by atoms with Gasteiger partial charge in [0.2, 0.25) is 0 Å². The molecule has 0 fully saturated rings. The summed E-state index contributed by atoms with van der Waals surface area (Å²) in [5.74, 6) is -0.266. The molecule has 0 bridgehead atoms. The quantitative estimate of drug-likeness (QED) is 0.0940. The van der Waals surface area contributed by atoms with Gasteiger partial charge in [0.25, 0.3) is 11.2 Å². The summed E-state index contributed by atoms with van der Waals surface area (Å²) in [7, 11) is 1.25. The van der Waals surface area contributed by atoms with E-state index in [4.69, 9.17) is 30.5 Å². The fraction of sp³-hybridized carbons (Fsp3) is 0.257. The molecule has 0 amide bonds. The first-order chi connectivity index (χ1) is 24.4. The minimum atomic E-state index is -0.929. The Labute approximate surface area is 308 Å². The summed E-state index contributed by atoms with van der Waals surface area (Å²) in [5.41, 5.74) is 1.95. The molecule has 13 nitrogen and oxygen atoms in total. The number of non-ortho nitro benzene ring substituents is 1. The van der Waals surface area contributed by atoms with Crippen molar-refractivity contribution in [3.8, 4) is 17.2 Å². The van der Waals surface area contributed by atoms with Crippen LogP contribution in [0.5, 0.6) is 17.2 Å². The van der Waals surface area contributed by atoms with Gasteiger partial charge in [0.1, 0.15) is 6.61 Å². The van der Waals surface area contributed by atoms with Crippen molar-refractivity contribution in [2.24, 2.45) is 4.99 Å². The third-order valence-corrected chi connectivity index (χ3v) is 9.38. The molecule has 266 valence electrons. The minimum Gasteiger partial charge on any atom is -0.490 e. The van der Waals surface area contributed by atoms with Gasteiger partial charge in [-0.15, -0.1) is 0 Å². The summed E-state index contributed by atoms with van der Waals surface area (Å²) < 4.78 is 29.7. The topological polar surface area (TPSA) is 158 Å². The van der Waals surface area contributed by atoms with Gasteiger partial charge in [-0.1, -0.05) is 29.0 Å². The number of methoxy groups -OCH3 is 1. The number of benzene rings is 3. The van der Waals surface area contributed by atoms with E-state index in [0.29, 0.717) is 47.7 Å². The number of rotatable bonds is 13. The molecule has 1 aliphatic rings. The van der Waals surface area contributed by atoms with Crippen LogP contribution in [0.3, 0.4) is 0 Å². The highest BCUT2D eigenvalue weighted by atomic mass is 79.9. The summed E-state index contributed by atoms with van der Waals surface area (Å²) in [6.45, 7) is 5.31. The smallest absolute Gasteiger partial charge is 0.343 e. The van der Waals surface area contributed by atoms with Crippen LogP contribution in [0.4, 0.5) is 5.69 Å². The molecule has 1 atom stereocenters. The number of halogens is 2. The molecule has 1 aromatic heterocycles. The van der Waals surface area contributed by atoms with Crippen LogP contribution in [-0.4, -0.2) is 48.4 Å². The van der Waals surface area contributed by atoms with Crippen LogP contribution >= 0.6 is 38.9 Å². The molecule has 5 rings (SSSR count). The van der Waals surface area contributed by atoms with E-state index in [-0.39, 0.29) is 48.5 Å². The molecule has 1 aliphatic heterocycles. The number of esters is 2. The van der Waals surface area contributed by atoms with Crippen molar-refractivity contribution in [1.29, 1.82) is 0 Å². The Balaban J connectivity index is 1.54. The van der Waals surface area contributed by atoms with Gasteiger partial charge >= 0.3 is 11.9 Å². The van der Waals surface area contributed by atoms with Gasteiger partial charge in [-0.25, -0.2) is 14.6 Å². The molecule has 0 spiro atoms. The second-order valence-corrected chi connectivity index (χ2v) is 13.1. The number of nitrogens with zero attached hydrogens (tertiary/aromatic N) is 3. The van der Waals surface area contributed by atoms with Crippen LogP contribution in [0.2, 0.25) is 5.02 Å². The number of ether oxygens (including phenoxy) is 5. The van der Waals surface area contributed by atoms with Crippen LogP contribution in [0.25, 0.3) is 6.08 Å². The Hall–Kier alpha value is -4.99. The molecule has 0 N–H and O–H groups in total. The van der Waals surface area contributed by atoms with Crippen molar-refractivity contribution in [1.82, 2.24) is 4.57 Å². The molecule has 0 radical (unpaired) electrons. The van der Waals surface area contributed by atoms with Gasteiger partial charge in [0.05, 0.1) is 56.6 Å². The number of allylic oxidation sites excluding steroid dienone is 1. The lowest BCUT2D eigenvalue weighted by Gasteiger charge is -2.25. The van der Waals surface area contributed by atoms with Gasteiger partial charge in [0.15, 0.2) is 28.7 Å². The molecule has 2 heterocycles. The van der Waals surface area contributed by atoms with E-state index in [0.717, 1.165) is 11.3 Å². The van der Waals surface area contributed by atoms with Crippen LogP contribution in [0.1, 0.15) is 43.5 Å². The van der Waals surface area contributed by atoms with Crippen LogP contribution < -0.4 is 29.1 Å². The van der Waals surface area contributed by atoms with Gasteiger partial charge in [-0.05, 0) is 95.9 Å². The van der Waals surface area contributed by atoms with E-state index in [1.54, 1.807) is 69.3 Å². The predicted molar refractivity (Wildman–Crippen MR) is 192 cm³/mol. The molecule has 4 aromatic rings. The monoisotopic (exact) mass is 799 g/mol. The maximum absolute atomic E-state index is 14.2. The van der Waals surface area contributed by atoms with E-state index in [9.17, 15) is 24.5 Å². The van der Waals surface area contributed by atoms with Crippen LogP contribution in [0.15, 0.2) is 80.1 Å². The molecule has 51 heavy (non-hydrogen) atoms. The van der Waals surface area contributed by atoms with Gasteiger partial charge in [-0.2, -0.15) is 0 Å². The summed E-state index contributed by atoms with van der Waals surface area (Å²) in [5, 5.41) is 11.2. The fourth-order valence-electron chi connectivity index (χ4n) is 5.21. The van der Waals surface area contributed by atoms with Crippen LogP contribution in [-0.2, 0) is 25.7 Å². The van der Waals surface area contributed by atoms with E-state index < -0.39 is 28.5 Å². The number of hydrogen-bond donors (Lipinski definition) is 0. The average molecular weight is 801 g/mol. The molecule has 0 unspecified atom stereocenters. The highest BCUT2D eigenvalue weighted by Crippen LogP contribution is 2.37. The second kappa shape index (κ2) is 16.4. The third-order valence-electron chi connectivity index (χ3n) is 7.52. The van der Waals surface area contributed by atoms with Crippen molar-refractivity contribution in [3.63, 3.8) is 0 Å².